The summed E-state index contributed by atoms with van der Waals surface area (Å²) in [6.07, 6.45) is 0. The number of aromatic nitrogens is 3. The third kappa shape index (κ3) is 5.24. The van der Waals surface area contributed by atoms with Crippen LogP contribution in [0.4, 0.5) is 5.69 Å². The number of amides is 1. The highest BCUT2D eigenvalue weighted by atomic mass is 32.2. The molecule has 0 aliphatic carbocycles. The number of hydrogen-bond acceptors (Lipinski definition) is 7. The second-order valence-corrected chi connectivity index (χ2v) is 7.81. The monoisotopic (exact) mass is 440 g/mol. The number of anilines is 1. The molecule has 8 nitrogen and oxygen atoms in total. The Hall–Kier alpha value is -3.33. The number of thioether (sulfide) groups is 1. The first-order valence-electron chi connectivity index (χ1n) is 9.64. The maximum Gasteiger partial charge on any atom is 0.339 e. The van der Waals surface area contributed by atoms with Gasteiger partial charge in [-0.3, -0.25) is 9.36 Å². The highest BCUT2D eigenvalue weighted by Gasteiger charge is 2.19. The van der Waals surface area contributed by atoms with E-state index >= 15 is 0 Å². The zero-order valence-electron chi connectivity index (χ0n) is 17.8. The van der Waals surface area contributed by atoms with Crippen LogP contribution in [-0.2, 0) is 9.53 Å². The van der Waals surface area contributed by atoms with Gasteiger partial charge < -0.3 is 14.8 Å². The molecule has 3 aromatic rings. The van der Waals surface area contributed by atoms with Gasteiger partial charge in [0.25, 0.3) is 0 Å². The molecule has 0 fully saturated rings. The molecule has 1 heterocycles. The number of esters is 1. The van der Waals surface area contributed by atoms with Crippen molar-refractivity contribution in [1.29, 1.82) is 0 Å². The third-order valence-electron chi connectivity index (χ3n) is 4.47. The number of ether oxygens (including phenoxy) is 2. The van der Waals surface area contributed by atoms with Gasteiger partial charge in [-0.05, 0) is 50.2 Å². The molecule has 1 aromatic heterocycles. The van der Waals surface area contributed by atoms with E-state index in [4.69, 9.17) is 9.47 Å². The van der Waals surface area contributed by atoms with Crippen molar-refractivity contribution in [2.45, 2.75) is 25.0 Å². The molecule has 0 aliphatic heterocycles. The lowest BCUT2D eigenvalue weighted by atomic mass is 10.2. The molecule has 0 atom stereocenters. The van der Waals surface area contributed by atoms with Gasteiger partial charge in [-0.2, -0.15) is 0 Å². The van der Waals surface area contributed by atoms with Gasteiger partial charge in [-0.1, -0.05) is 23.9 Å². The van der Waals surface area contributed by atoms with Crippen molar-refractivity contribution in [2.75, 3.05) is 25.3 Å². The molecule has 1 N–H and O–H groups in total. The van der Waals surface area contributed by atoms with Crippen LogP contribution in [0, 0.1) is 0 Å². The summed E-state index contributed by atoms with van der Waals surface area (Å²) in [5.74, 6) is 0.829. The van der Waals surface area contributed by atoms with E-state index in [1.165, 1.54) is 18.9 Å². The number of hydrogen-bond donors (Lipinski definition) is 1. The van der Waals surface area contributed by atoms with E-state index in [0.717, 1.165) is 17.1 Å². The van der Waals surface area contributed by atoms with E-state index in [1.54, 1.807) is 31.4 Å². The molecule has 162 valence electrons. The zero-order valence-corrected chi connectivity index (χ0v) is 18.6. The van der Waals surface area contributed by atoms with Gasteiger partial charge in [0.05, 0.1) is 31.2 Å². The quantitative estimate of drug-likeness (QED) is 0.417. The van der Waals surface area contributed by atoms with E-state index in [9.17, 15) is 9.59 Å². The molecule has 31 heavy (non-hydrogen) atoms. The van der Waals surface area contributed by atoms with Crippen molar-refractivity contribution in [3.8, 4) is 17.1 Å². The minimum Gasteiger partial charge on any atom is -0.497 e. The molecule has 0 radical (unpaired) electrons. The average molecular weight is 441 g/mol. The molecular formula is C22H24N4O4S. The van der Waals surface area contributed by atoms with Crippen LogP contribution < -0.4 is 10.1 Å². The highest BCUT2D eigenvalue weighted by Crippen LogP contribution is 2.29. The van der Waals surface area contributed by atoms with Crippen LogP contribution in [0.25, 0.3) is 11.4 Å². The van der Waals surface area contributed by atoms with Crippen molar-refractivity contribution in [3.05, 3.63) is 54.1 Å². The summed E-state index contributed by atoms with van der Waals surface area (Å²) in [6.45, 7) is 4.07. The van der Waals surface area contributed by atoms with Gasteiger partial charge >= 0.3 is 5.97 Å². The molecule has 0 saturated heterocycles. The largest absolute Gasteiger partial charge is 0.497 e. The van der Waals surface area contributed by atoms with E-state index in [0.29, 0.717) is 16.4 Å². The summed E-state index contributed by atoms with van der Waals surface area (Å²) in [5, 5.41) is 12.0. The van der Waals surface area contributed by atoms with Gasteiger partial charge in [0.2, 0.25) is 5.91 Å². The van der Waals surface area contributed by atoms with E-state index < -0.39 is 5.97 Å². The Morgan fingerprint density at radius 2 is 1.77 bits per heavy atom. The first-order valence-corrected chi connectivity index (χ1v) is 10.6. The molecule has 3 rings (SSSR count). The maximum absolute atomic E-state index is 12.5. The van der Waals surface area contributed by atoms with Crippen LogP contribution >= 0.6 is 11.8 Å². The number of methoxy groups -OCH3 is 2. The van der Waals surface area contributed by atoms with E-state index in [1.807, 2.05) is 42.7 Å². The Morgan fingerprint density at radius 1 is 1.06 bits per heavy atom. The highest BCUT2D eigenvalue weighted by molar-refractivity contribution is 7.99. The SMILES string of the molecule is COC(=O)c1ccccc1NC(=O)CSc1nnc(-c2ccc(OC)cc2)n1C(C)C. The lowest BCUT2D eigenvalue weighted by Crippen LogP contribution is -2.17. The molecule has 0 unspecified atom stereocenters. The molecule has 0 aliphatic rings. The summed E-state index contributed by atoms with van der Waals surface area (Å²) in [5.41, 5.74) is 1.62. The number of carbonyl (C=O) groups excluding carboxylic acids is 2. The van der Waals surface area contributed by atoms with Gasteiger partial charge in [-0.25, -0.2) is 4.79 Å². The van der Waals surface area contributed by atoms with Crippen molar-refractivity contribution >= 4 is 29.3 Å². The van der Waals surface area contributed by atoms with Crippen LogP contribution in [0.5, 0.6) is 5.75 Å². The van der Waals surface area contributed by atoms with Crippen molar-refractivity contribution in [2.24, 2.45) is 0 Å². The Bertz CT molecular complexity index is 1060. The predicted molar refractivity (Wildman–Crippen MR) is 120 cm³/mol. The standard InChI is InChI=1S/C22H24N4O4S/c1-14(2)26-20(15-9-11-16(29-3)12-10-15)24-25-22(26)31-13-19(27)23-18-8-6-5-7-17(18)21(28)30-4/h5-12,14H,13H2,1-4H3,(H,23,27). The van der Waals surface area contributed by atoms with E-state index in [2.05, 4.69) is 15.5 Å². The predicted octanol–water partition coefficient (Wildman–Crippen LogP) is 4.05. The van der Waals surface area contributed by atoms with Gasteiger partial charge in [-0.15, -0.1) is 10.2 Å². The first-order chi connectivity index (χ1) is 14.9. The lowest BCUT2D eigenvalue weighted by molar-refractivity contribution is -0.113. The fraction of sp³-hybridized carbons (Fsp3) is 0.273. The minimum absolute atomic E-state index is 0.0951. The normalized spacial score (nSPS) is 10.7. The smallest absolute Gasteiger partial charge is 0.339 e. The number of benzene rings is 2. The average Bonchev–Trinajstić information content (AvgIpc) is 3.22. The van der Waals surface area contributed by atoms with Crippen molar-refractivity contribution in [3.63, 3.8) is 0 Å². The van der Waals surface area contributed by atoms with Crippen molar-refractivity contribution < 1.29 is 19.1 Å². The number of nitrogens with one attached hydrogen (secondary N) is 1. The first kappa shape index (κ1) is 22.4. The fourth-order valence-electron chi connectivity index (χ4n) is 2.97. The molecule has 2 aromatic carbocycles. The van der Waals surface area contributed by atoms with Crippen LogP contribution in [0.15, 0.2) is 53.7 Å². The van der Waals surface area contributed by atoms with Crippen LogP contribution in [-0.4, -0.2) is 46.6 Å². The topological polar surface area (TPSA) is 95.3 Å². The molecule has 0 saturated carbocycles. The summed E-state index contributed by atoms with van der Waals surface area (Å²) < 4.78 is 12.0. The number of nitrogens with zero attached hydrogens (tertiary/aromatic N) is 3. The minimum atomic E-state index is -0.507. The fourth-order valence-corrected chi connectivity index (χ4v) is 3.84. The van der Waals surface area contributed by atoms with Gasteiger partial charge in [0, 0.05) is 11.6 Å². The third-order valence-corrected chi connectivity index (χ3v) is 5.41. The summed E-state index contributed by atoms with van der Waals surface area (Å²) in [7, 11) is 2.92. The summed E-state index contributed by atoms with van der Waals surface area (Å²) in [4.78, 5) is 24.4. The Labute approximate surface area is 185 Å². The Balaban J connectivity index is 1.74. The maximum atomic E-state index is 12.5. The van der Waals surface area contributed by atoms with Gasteiger partial charge in [0.1, 0.15) is 5.75 Å². The molecule has 1 amide bonds. The summed E-state index contributed by atoms with van der Waals surface area (Å²) >= 11 is 1.28. The molecular weight excluding hydrogens is 416 g/mol. The van der Waals surface area contributed by atoms with Crippen LogP contribution in [0.3, 0.4) is 0 Å². The summed E-state index contributed by atoms with van der Waals surface area (Å²) in [6, 6.07) is 14.4. The van der Waals surface area contributed by atoms with Crippen LogP contribution in [0.2, 0.25) is 0 Å². The Morgan fingerprint density at radius 3 is 2.42 bits per heavy atom. The van der Waals surface area contributed by atoms with Crippen molar-refractivity contribution in [1.82, 2.24) is 14.8 Å². The molecule has 0 spiro atoms. The molecule has 0 bridgehead atoms. The number of rotatable bonds is 8. The number of para-hydroxylation sites is 1. The Kier molecular flexibility index (Phi) is 7.30. The van der Waals surface area contributed by atoms with Gasteiger partial charge in [0.15, 0.2) is 11.0 Å². The second-order valence-electron chi connectivity index (χ2n) is 6.87. The van der Waals surface area contributed by atoms with Crippen LogP contribution in [0.1, 0.15) is 30.2 Å². The molecule has 9 heteroatoms. The zero-order chi connectivity index (χ0) is 22.4. The second kappa shape index (κ2) is 10.1. The van der Waals surface area contributed by atoms with E-state index in [-0.39, 0.29) is 17.7 Å². The number of carbonyl (C=O) groups is 2. The lowest BCUT2D eigenvalue weighted by Gasteiger charge is -2.14.